The van der Waals surface area contributed by atoms with Gasteiger partial charge in [-0.3, -0.25) is 0 Å². The summed E-state index contributed by atoms with van der Waals surface area (Å²) in [5.41, 5.74) is 12.2. The highest BCUT2D eigenvalue weighted by Crippen LogP contribution is 2.26. The molecule has 0 amide bonds. The lowest BCUT2D eigenvalue weighted by atomic mass is 10.0. The van der Waals surface area contributed by atoms with Gasteiger partial charge in [0.2, 0.25) is 5.95 Å². The molecule has 27 heavy (non-hydrogen) atoms. The minimum atomic E-state index is 0.143. The van der Waals surface area contributed by atoms with E-state index in [1.54, 1.807) is 24.5 Å². The number of nitrogens with two attached hydrogens (primary N) is 1. The number of anilines is 1. The molecule has 0 unspecified atom stereocenters. The van der Waals surface area contributed by atoms with Crippen LogP contribution in [0.1, 0.15) is 22.4 Å². The van der Waals surface area contributed by atoms with Crippen molar-refractivity contribution in [3.8, 4) is 17.5 Å². The highest BCUT2D eigenvalue weighted by molar-refractivity contribution is 5.87. The van der Waals surface area contributed by atoms with Gasteiger partial charge >= 0.3 is 0 Å². The van der Waals surface area contributed by atoms with Crippen LogP contribution >= 0.6 is 0 Å². The normalized spacial score (nSPS) is 10.9. The summed E-state index contributed by atoms with van der Waals surface area (Å²) in [7, 11) is 0. The zero-order valence-corrected chi connectivity index (χ0v) is 15.0. The van der Waals surface area contributed by atoms with E-state index in [2.05, 4.69) is 45.9 Å². The van der Waals surface area contributed by atoms with Crippen molar-refractivity contribution in [1.29, 1.82) is 5.26 Å². The van der Waals surface area contributed by atoms with Crippen LogP contribution in [0.5, 0.6) is 0 Å². The number of nitriles is 1. The summed E-state index contributed by atoms with van der Waals surface area (Å²) in [4.78, 5) is 17.5. The number of hydrogen-bond acceptors (Lipinski definition) is 6. The summed E-state index contributed by atoms with van der Waals surface area (Å²) in [5, 5.41) is 9.11. The Morgan fingerprint density at radius 3 is 2.52 bits per heavy atom. The van der Waals surface area contributed by atoms with Gasteiger partial charge in [-0.15, -0.1) is 0 Å². The van der Waals surface area contributed by atoms with Crippen LogP contribution in [-0.4, -0.2) is 24.5 Å². The number of fused-ring (bicyclic) bond motifs is 1. The van der Waals surface area contributed by atoms with Crippen molar-refractivity contribution >= 4 is 17.1 Å². The quantitative estimate of drug-likeness (QED) is 0.605. The molecule has 0 aliphatic rings. The Morgan fingerprint density at radius 2 is 1.78 bits per heavy atom. The number of pyridine rings is 1. The fourth-order valence-corrected chi connectivity index (χ4v) is 3.15. The number of rotatable bonds is 3. The standard InChI is InChI=1S/C20H17N7/c1-12-5-3-6-13(2)15(12)10-27-11-23-18-17(25-20(22)26-19(18)27)16-8-4-7-14(9-21)24-16/h3-8,11H,10H2,1-2H3,(H2,22,25,26). The van der Waals surface area contributed by atoms with Crippen molar-refractivity contribution in [3.05, 3.63) is 65.1 Å². The molecule has 2 N–H and O–H groups in total. The molecule has 0 saturated carbocycles. The van der Waals surface area contributed by atoms with E-state index in [0.717, 1.165) is 0 Å². The zero-order valence-electron chi connectivity index (χ0n) is 15.0. The molecule has 3 aromatic heterocycles. The monoisotopic (exact) mass is 355 g/mol. The van der Waals surface area contributed by atoms with Crippen LogP contribution < -0.4 is 5.73 Å². The van der Waals surface area contributed by atoms with Gasteiger partial charge in [0.25, 0.3) is 0 Å². The van der Waals surface area contributed by atoms with E-state index in [-0.39, 0.29) is 5.95 Å². The van der Waals surface area contributed by atoms with Gasteiger partial charge in [0, 0.05) is 0 Å². The number of nitrogens with zero attached hydrogens (tertiary/aromatic N) is 6. The Labute approximate surface area is 156 Å². The van der Waals surface area contributed by atoms with Crippen LogP contribution in [0, 0.1) is 25.2 Å². The Morgan fingerprint density at radius 1 is 1.04 bits per heavy atom. The molecule has 0 aliphatic carbocycles. The highest BCUT2D eigenvalue weighted by atomic mass is 15.1. The van der Waals surface area contributed by atoms with Crippen LogP contribution in [0.3, 0.4) is 0 Å². The van der Waals surface area contributed by atoms with E-state index in [1.165, 1.54) is 16.7 Å². The molecule has 3 heterocycles. The fourth-order valence-electron chi connectivity index (χ4n) is 3.15. The van der Waals surface area contributed by atoms with Gasteiger partial charge < -0.3 is 10.3 Å². The first-order valence-corrected chi connectivity index (χ1v) is 8.48. The van der Waals surface area contributed by atoms with Crippen molar-refractivity contribution in [2.24, 2.45) is 0 Å². The third kappa shape index (κ3) is 2.98. The molecule has 0 saturated heterocycles. The maximum absolute atomic E-state index is 9.11. The predicted octanol–water partition coefficient (Wildman–Crippen LogP) is 3.01. The van der Waals surface area contributed by atoms with Crippen LogP contribution in [0.15, 0.2) is 42.7 Å². The first-order valence-electron chi connectivity index (χ1n) is 8.48. The summed E-state index contributed by atoms with van der Waals surface area (Å²) in [5.74, 6) is 0.143. The minimum Gasteiger partial charge on any atom is -0.368 e. The zero-order chi connectivity index (χ0) is 19.0. The molecule has 0 fully saturated rings. The van der Waals surface area contributed by atoms with Crippen LogP contribution in [0.25, 0.3) is 22.6 Å². The molecular formula is C20H17N7. The smallest absolute Gasteiger partial charge is 0.222 e. The number of aryl methyl sites for hydroxylation is 2. The van der Waals surface area contributed by atoms with Gasteiger partial charge in [-0.2, -0.15) is 10.2 Å². The van der Waals surface area contributed by atoms with Crippen molar-refractivity contribution in [1.82, 2.24) is 24.5 Å². The van der Waals surface area contributed by atoms with E-state index >= 15 is 0 Å². The van der Waals surface area contributed by atoms with Gasteiger partial charge in [-0.1, -0.05) is 24.3 Å². The molecule has 0 radical (unpaired) electrons. The Bertz CT molecular complexity index is 1180. The van der Waals surface area contributed by atoms with Crippen molar-refractivity contribution in [2.45, 2.75) is 20.4 Å². The van der Waals surface area contributed by atoms with Gasteiger partial charge in [-0.25, -0.2) is 15.0 Å². The maximum atomic E-state index is 9.11. The topological polar surface area (TPSA) is 106 Å². The summed E-state index contributed by atoms with van der Waals surface area (Å²) < 4.78 is 1.96. The second-order valence-corrected chi connectivity index (χ2v) is 6.37. The lowest BCUT2D eigenvalue weighted by Crippen LogP contribution is -2.05. The molecule has 1 aromatic carbocycles. The fraction of sp³-hybridized carbons (Fsp3) is 0.150. The lowest BCUT2D eigenvalue weighted by molar-refractivity contribution is 0.802. The van der Waals surface area contributed by atoms with Crippen LogP contribution in [-0.2, 0) is 6.54 Å². The van der Waals surface area contributed by atoms with E-state index < -0.39 is 0 Å². The second-order valence-electron chi connectivity index (χ2n) is 6.37. The summed E-state index contributed by atoms with van der Waals surface area (Å²) in [6.45, 7) is 4.82. The number of hydrogen-bond donors (Lipinski definition) is 1. The Balaban J connectivity index is 1.87. The maximum Gasteiger partial charge on any atom is 0.222 e. The van der Waals surface area contributed by atoms with Crippen molar-refractivity contribution in [3.63, 3.8) is 0 Å². The first-order chi connectivity index (χ1) is 13.1. The lowest BCUT2D eigenvalue weighted by Gasteiger charge is -2.11. The molecule has 4 rings (SSSR count). The van der Waals surface area contributed by atoms with Crippen molar-refractivity contribution in [2.75, 3.05) is 5.73 Å². The van der Waals surface area contributed by atoms with Gasteiger partial charge in [0.05, 0.1) is 18.6 Å². The summed E-state index contributed by atoms with van der Waals surface area (Å²) in [6, 6.07) is 13.5. The van der Waals surface area contributed by atoms with Crippen LogP contribution in [0.4, 0.5) is 5.95 Å². The molecule has 4 aromatic rings. The summed E-state index contributed by atoms with van der Waals surface area (Å²) in [6.07, 6.45) is 1.74. The van der Waals surface area contributed by atoms with Crippen LogP contribution in [0.2, 0.25) is 0 Å². The van der Waals surface area contributed by atoms with E-state index in [0.29, 0.717) is 34.8 Å². The molecule has 0 atom stereocenters. The van der Waals surface area contributed by atoms with Gasteiger partial charge in [0.1, 0.15) is 23.0 Å². The largest absolute Gasteiger partial charge is 0.368 e. The Hall–Kier alpha value is -3.79. The van der Waals surface area contributed by atoms with E-state index in [4.69, 9.17) is 11.0 Å². The van der Waals surface area contributed by atoms with Gasteiger partial charge in [-0.05, 0) is 42.7 Å². The molecular weight excluding hydrogens is 338 g/mol. The van der Waals surface area contributed by atoms with Gasteiger partial charge in [0.15, 0.2) is 5.65 Å². The highest BCUT2D eigenvalue weighted by Gasteiger charge is 2.16. The predicted molar refractivity (Wildman–Crippen MR) is 103 cm³/mol. The number of imidazole rings is 1. The third-order valence-electron chi connectivity index (χ3n) is 4.56. The SMILES string of the molecule is Cc1cccc(C)c1Cn1cnc2c(-c3cccc(C#N)n3)nc(N)nc21. The van der Waals surface area contributed by atoms with E-state index in [1.807, 2.05) is 16.7 Å². The average molecular weight is 355 g/mol. The molecule has 0 spiro atoms. The number of aromatic nitrogens is 5. The summed E-state index contributed by atoms with van der Waals surface area (Å²) >= 11 is 0. The molecule has 7 nitrogen and oxygen atoms in total. The van der Waals surface area contributed by atoms with E-state index in [9.17, 15) is 0 Å². The molecule has 0 bridgehead atoms. The molecule has 132 valence electrons. The third-order valence-corrected chi connectivity index (χ3v) is 4.56. The average Bonchev–Trinajstić information content (AvgIpc) is 3.07. The minimum absolute atomic E-state index is 0.143. The second kappa shape index (κ2) is 6.50. The molecule has 7 heteroatoms. The first kappa shape index (κ1) is 16.7. The molecule has 0 aliphatic heterocycles. The Kier molecular flexibility index (Phi) is 4.01. The number of benzene rings is 1. The number of nitrogen functional groups attached to an aromatic ring is 1. The van der Waals surface area contributed by atoms with Crippen molar-refractivity contribution < 1.29 is 0 Å².